The fourth-order valence-electron chi connectivity index (χ4n) is 1.90. The van der Waals surface area contributed by atoms with Crippen LogP contribution in [0.3, 0.4) is 0 Å². The van der Waals surface area contributed by atoms with Crippen LogP contribution in [-0.4, -0.2) is 40.5 Å². The summed E-state index contributed by atoms with van der Waals surface area (Å²) in [6.07, 6.45) is 0.980. The zero-order valence-electron chi connectivity index (χ0n) is 9.93. The Bertz CT molecular complexity index is 488. The molecule has 0 radical (unpaired) electrons. The van der Waals surface area contributed by atoms with Gasteiger partial charge in [0.1, 0.15) is 5.75 Å². The lowest BCUT2D eigenvalue weighted by molar-refractivity contribution is 0.0765. The van der Waals surface area contributed by atoms with Gasteiger partial charge >= 0.3 is 0 Å². The number of carbonyl (C=O) groups is 1. The molecule has 1 aromatic rings. The first-order valence-electron chi connectivity index (χ1n) is 5.82. The largest absolute Gasteiger partial charge is 0.507 e. The standard InChI is InChI=1S/C13H14N2O2S/c14-9-10-2-3-11(12(16)8-10)13(17)15-4-1-6-18-7-5-15/h2-3,8,16H,1,4-7H2. The Morgan fingerprint density at radius 3 is 2.94 bits per heavy atom. The Morgan fingerprint density at radius 2 is 2.22 bits per heavy atom. The number of phenols is 1. The van der Waals surface area contributed by atoms with Gasteiger partial charge in [0, 0.05) is 18.8 Å². The number of aromatic hydroxyl groups is 1. The van der Waals surface area contributed by atoms with Crippen LogP contribution in [0.5, 0.6) is 5.75 Å². The Labute approximate surface area is 110 Å². The van der Waals surface area contributed by atoms with Crippen molar-refractivity contribution in [1.29, 1.82) is 5.26 Å². The minimum atomic E-state index is -0.153. The zero-order valence-corrected chi connectivity index (χ0v) is 10.7. The summed E-state index contributed by atoms with van der Waals surface area (Å²) in [6, 6.07) is 6.35. The number of benzene rings is 1. The average Bonchev–Trinajstić information content (AvgIpc) is 2.66. The molecule has 2 rings (SSSR count). The number of phenolic OH excluding ortho intramolecular Hbond substituents is 1. The molecule has 0 spiro atoms. The van der Waals surface area contributed by atoms with Gasteiger partial charge in [0.2, 0.25) is 0 Å². The van der Waals surface area contributed by atoms with E-state index in [0.29, 0.717) is 12.1 Å². The van der Waals surface area contributed by atoms with Crippen LogP contribution in [0.15, 0.2) is 18.2 Å². The van der Waals surface area contributed by atoms with Crippen molar-refractivity contribution in [1.82, 2.24) is 4.90 Å². The maximum Gasteiger partial charge on any atom is 0.257 e. The summed E-state index contributed by atoms with van der Waals surface area (Å²) in [5.74, 6) is 1.74. The highest BCUT2D eigenvalue weighted by molar-refractivity contribution is 7.99. The predicted molar refractivity (Wildman–Crippen MR) is 70.7 cm³/mol. The molecule has 94 valence electrons. The van der Waals surface area contributed by atoms with Gasteiger partial charge in [-0.05, 0) is 30.4 Å². The predicted octanol–water partition coefficient (Wildman–Crippen LogP) is 1.84. The highest BCUT2D eigenvalue weighted by Crippen LogP contribution is 2.21. The van der Waals surface area contributed by atoms with Crippen molar-refractivity contribution in [2.24, 2.45) is 0 Å². The normalized spacial score (nSPS) is 15.8. The quantitative estimate of drug-likeness (QED) is 0.838. The third-order valence-electron chi connectivity index (χ3n) is 2.87. The van der Waals surface area contributed by atoms with Gasteiger partial charge in [-0.25, -0.2) is 0 Å². The first-order valence-corrected chi connectivity index (χ1v) is 6.98. The monoisotopic (exact) mass is 262 g/mol. The maximum atomic E-state index is 12.2. The first kappa shape index (κ1) is 12.8. The Balaban J connectivity index is 2.20. The van der Waals surface area contributed by atoms with E-state index in [4.69, 9.17) is 5.26 Å². The van der Waals surface area contributed by atoms with Gasteiger partial charge in [-0.2, -0.15) is 17.0 Å². The van der Waals surface area contributed by atoms with Gasteiger partial charge in [-0.3, -0.25) is 4.79 Å². The van der Waals surface area contributed by atoms with Crippen LogP contribution in [0, 0.1) is 11.3 Å². The van der Waals surface area contributed by atoms with Crippen molar-refractivity contribution < 1.29 is 9.90 Å². The van der Waals surface area contributed by atoms with Crippen LogP contribution < -0.4 is 0 Å². The lowest BCUT2D eigenvalue weighted by atomic mass is 10.1. The van der Waals surface area contributed by atoms with E-state index < -0.39 is 0 Å². The molecular weight excluding hydrogens is 248 g/mol. The third-order valence-corrected chi connectivity index (χ3v) is 3.92. The number of nitriles is 1. The minimum Gasteiger partial charge on any atom is -0.507 e. The van der Waals surface area contributed by atoms with E-state index in [1.165, 1.54) is 12.1 Å². The van der Waals surface area contributed by atoms with Crippen LogP contribution in [0.4, 0.5) is 0 Å². The number of carbonyl (C=O) groups excluding carboxylic acids is 1. The molecule has 0 saturated carbocycles. The Morgan fingerprint density at radius 1 is 1.39 bits per heavy atom. The molecule has 1 aliphatic heterocycles. The number of hydrogen-bond donors (Lipinski definition) is 1. The lowest BCUT2D eigenvalue weighted by Crippen LogP contribution is -2.32. The van der Waals surface area contributed by atoms with E-state index in [1.807, 2.05) is 17.8 Å². The second-order valence-electron chi connectivity index (χ2n) is 4.10. The van der Waals surface area contributed by atoms with Crippen LogP contribution in [0.1, 0.15) is 22.3 Å². The van der Waals surface area contributed by atoms with E-state index in [1.54, 1.807) is 11.0 Å². The first-order chi connectivity index (χ1) is 8.72. The van der Waals surface area contributed by atoms with Gasteiger partial charge in [0.25, 0.3) is 5.91 Å². The van der Waals surface area contributed by atoms with Crippen LogP contribution in [0.2, 0.25) is 0 Å². The molecule has 1 aliphatic rings. The molecule has 1 fully saturated rings. The van der Waals surface area contributed by atoms with Gasteiger partial charge in [0.05, 0.1) is 17.2 Å². The second kappa shape index (κ2) is 5.78. The molecule has 0 unspecified atom stereocenters. The fourth-order valence-corrected chi connectivity index (χ4v) is 2.79. The van der Waals surface area contributed by atoms with Crippen LogP contribution >= 0.6 is 11.8 Å². The lowest BCUT2D eigenvalue weighted by Gasteiger charge is -2.20. The maximum absolute atomic E-state index is 12.2. The Hall–Kier alpha value is -1.67. The summed E-state index contributed by atoms with van der Waals surface area (Å²) in [6.45, 7) is 1.44. The highest BCUT2D eigenvalue weighted by Gasteiger charge is 2.20. The van der Waals surface area contributed by atoms with Crippen molar-refractivity contribution >= 4 is 17.7 Å². The van der Waals surface area contributed by atoms with E-state index in [-0.39, 0.29) is 17.2 Å². The van der Waals surface area contributed by atoms with Crippen LogP contribution in [-0.2, 0) is 0 Å². The fraction of sp³-hybridized carbons (Fsp3) is 0.385. The van der Waals surface area contributed by atoms with Crippen molar-refractivity contribution in [2.45, 2.75) is 6.42 Å². The van der Waals surface area contributed by atoms with Gasteiger partial charge in [-0.15, -0.1) is 0 Å². The van der Waals surface area contributed by atoms with Crippen molar-refractivity contribution in [3.8, 4) is 11.8 Å². The summed E-state index contributed by atoms with van der Waals surface area (Å²) in [7, 11) is 0. The number of nitrogens with zero attached hydrogens (tertiary/aromatic N) is 2. The van der Waals surface area contributed by atoms with Gasteiger partial charge < -0.3 is 10.0 Å². The van der Waals surface area contributed by atoms with Crippen molar-refractivity contribution in [3.63, 3.8) is 0 Å². The SMILES string of the molecule is N#Cc1ccc(C(=O)N2CCCSCC2)c(O)c1. The number of rotatable bonds is 1. The molecule has 0 aliphatic carbocycles. The molecule has 0 atom stereocenters. The van der Waals surface area contributed by atoms with Gasteiger partial charge in [0.15, 0.2) is 0 Å². The van der Waals surface area contributed by atoms with Crippen molar-refractivity contribution in [2.75, 3.05) is 24.6 Å². The molecule has 1 heterocycles. The third kappa shape index (κ3) is 2.77. The molecular formula is C13H14N2O2S. The molecule has 0 aromatic heterocycles. The number of hydrogen-bond acceptors (Lipinski definition) is 4. The van der Waals surface area contributed by atoms with Crippen LogP contribution in [0.25, 0.3) is 0 Å². The van der Waals surface area contributed by atoms with E-state index >= 15 is 0 Å². The smallest absolute Gasteiger partial charge is 0.257 e. The minimum absolute atomic E-state index is 0.115. The summed E-state index contributed by atoms with van der Waals surface area (Å²) >= 11 is 1.84. The molecule has 1 saturated heterocycles. The summed E-state index contributed by atoms with van der Waals surface area (Å²) in [4.78, 5) is 14.0. The molecule has 1 amide bonds. The number of thioether (sulfide) groups is 1. The summed E-state index contributed by atoms with van der Waals surface area (Å²) in [5.41, 5.74) is 0.636. The topological polar surface area (TPSA) is 64.3 Å². The van der Waals surface area contributed by atoms with E-state index in [2.05, 4.69) is 0 Å². The highest BCUT2D eigenvalue weighted by atomic mass is 32.2. The molecule has 4 nitrogen and oxygen atoms in total. The average molecular weight is 262 g/mol. The molecule has 1 N–H and O–H groups in total. The zero-order chi connectivity index (χ0) is 13.0. The van der Waals surface area contributed by atoms with E-state index in [9.17, 15) is 9.90 Å². The molecule has 5 heteroatoms. The molecule has 0 bridgehead atoms. The van der Waals surface area contributed by atoms with Crippen molar-refractivity contribution in [3.05, 3.63) is 29.3 Å². The molecule has 1 aromatic carbocycles. The Kier molecular flexibility index (Phi) is 4.11. The second-order valence-corrected chi connectivity index (χ2v) is 5.33. The summed E-state index contributed by atoms with van der Waals surface area (Å²) in [5, 5.41) is 18.5. The van der Waals surface area contributed by atoms with E-state index in [0.717, 1.165) is 24.5 Å². The molecule has 18 heavy (non-hydrogen) atoms. The number of amides is 1. The van der Waals surface area contributed by atoms with Gasteiger partial charge in [-0.1, -0.05) is 0 Å². The summed E-state index contributed by atoms with van der Waals surface area (Å²) < 4.78 is 0.